The number of nitrogens with one attached hydrogen (secondary N) is 1. The number of hydrogen-bond donors (Lipinski definition) is 1. The highest BCUT2D eigenvalue weighted by Crippen LogP contribution is 2.27. The second-order valence-electron chi connectivity index (χ2n) is 4.86. The Morgan fingerprint density at radius 3 is 2.65 bits per heavy atom. The Kier molecular flexibility index (Phi) is 6.23. The predicted molar refractivity (Wildman–Crippen MR) is 92.3 cm³/mol. The second-order valence-corrected chi connectivity index (χ2v) is 4.86. The van der Waals surface area contributed by atoms with Gasteiger partial charge in [0.25, 0.3) is 11.6 Å². The largest absolute Gasteiger partial charge is 0.493 e. The number of nitro benzene ring substituents is 1. The highest BCUT2D eigenvalue weighted by Gasteiger charge is 2.09. The van der Waals surface area contributed by atoms with Gasteiger partial charge in [-0.15, -0.1) is 0 Å². The number of nitrogens with zero attached hydrogens (tertiary/aromatic N) is 3. The molecule has 0 aromatic heterocycles. The van der Waals surface area contributed by atoms with Crippen LogP contribution in [0.4, 0.5) is 5.69 Å². The molecule has 2 aromatic carbocycles. The van der Waals surface area contributed by atoms with Crippen LogP contribution in [0.15, 0.2) is 47.6 Å². The minimum Gasteiger partial charge on any atom is -0.493 e. The summed E-state index contributed by atoms with van der Waals surface area (Å²) in [7, 11) is 1.46. The van der Waals surface area contributed by atoms with E-state index in [-0.39, 0.29) is 17.9 Å². The Bertz CT molecular complexity index is 872. The first-order chi connectivity index (χ1) is 12.5. The van der Waals surface area contributed by atoms with E-state index in [0.717, 1.165) is 0 Å². The Labute approximate surface area is 148 Å². The number of benzene rings is 2. The number of rotatable bonds is 7. The zero-order valence-electron chi connectivity index (χ0n) is 13.7. The number of carbonyl (C=O) groups excluding carboxylic acids is 1. The number of hydrazone groups is 1. The molecular formula is C17H14N4O5. The van der Waals surface area contributed by atoms with Gasteiger partial charge in [-0.25, -0.2) is 5.43 Å². The monoisotopic (exact) mass is 354 g/mol. The molecule has 0 aliphatic carbocycles. The van der Waals surface area contributed by atoms with Crippen LogP contribution < -0.4 is 14.9 Å². The van der Waals surface area contributed by atoms with Crippen LogP contribution in [0.2, 0.25) is 0 Å². The standard InChI is InChI=1S/C17H14N4O5/c1-25-16-10-12(2-7-15(16)26-9-8-18)11-19-20-17(22)13-3-5-14(6-4-13)21(23)24/h2-7,10-11H,9H2,1H3,(H,20,22). The number of non-ortho nitro benzene ring substituents is 1. The van der Waals surface area contributed by atoms with Gasteiger partial charge in [0.1, 0.15) is 6.07 Å². The molecule has 1 amide bonds. The molecule has 0 heterocycles. The first-order valence-corrected chi connectivity index (χ1v) is 7.31. The SMILES string of the molecule is COc1cc(C=NNC(=O)c2ccc([N+](=O)[O-])cc2)ccc1OCC#N. The zero-order valence-corrected chi connectivity index (χ0v) is 13.7. The van der Waals surface area contributed by atoms with Crippen molar-refractivity contribution in [1.82, 2.24) is 5.43 Å². The number of nitro groups is 1. The van der Waals surface area contributed by atoms with E-state index in [0.29, 0.717) is 17.1 Å². The number of amides is 1. The summed E-state index contributed by atoms with van der Waals surface area (Å²) in [6.07, 6.45) is 1.40. The van der Waals surface area contributed by atoms with Crippen molar-refractivity contribution in [3.8, 4) is 17.6 Å². The van der Waals surface area contributed by atoms with Crippen molar-refractivity contribution < 1.29 is 19.2 Å². The summed E-state index contributed by atoms with van der Waals surface area (Å²) in [6, 6.07) is 12.0. The van der Waals surface area contributed by atoms with Crippen LogP contribution in [0.5, 0.6) is 11.5 Å². The Morgan fingerprint density at radius 1 is 1.31 bits per heavy atom. The first kappa shape index (κ1) is 18.4. The number of carbonyl (C=O) groups is 1. The highest BCUT2D eigenvalue weighted by molar-refractivity contribution is 5.95. The van der Waals surface area contributed by atoms with Gasteiger partial charge >= 0.3 is 0 Å². The Balaban J connectivity index is 2.02. The van der Waals surface area contributed by atoms with Crippen LogP contribution in [0.3, 0.4) is 0 Å². The molecular weight excluding hydrogens is 340 g/mol. The molecule has 0 unspecified atom stereocenters. The highest BCUT2D eigenvalue weighted by atomic mass is 16.6. The summed E-state index contributed by atoms with van der Waals surface area (Å²) >= 11 is 0. The van der Waals surface area contributed by atoms with Crippen molar-refractivity contribution in [2.45, 2.75) is 0 Å². The fourth-order valence-electron chi connectivity index (χ4n) is 1.96. The maximum absolute atomic E-state index is 11.9. The fraction of sp³-hybridized carbons (Fsp3) is 0.118. The molecule has 0 atom stereocenters. The lowest BCUT2D eigenvalue weighted by molar-refractivity contribution is -0.384. The molecule has 0 radical (unpaired) electrons. The number of nitriles is 1. The molecule has 2 aromatic rings. The normalized spacial score (nSPS) is 10.2. The number of ether oxygens (including phenoxy) is 2. The second kappa shape index (κ2) is 8.79. The molecule has 9 nitrogen and oxygen atoms in total. The van der Waals surface area contributed by atoms with Crippen LogP contribution in [0.1, 0.15) is 15.9 Å². The molecule has 0 fully saturated rings. The lowest BCUT2D eigenvalue weighted by Crippen LogP contribution is -2.17. The van der Waals surface area contributed by atoms with Crippen molar-refractivity contribution in [2.24, 2.45) is 5.10 Å². The molecule has 26 heavy (non-hydrogen) atoms. The average molecular weight is 354 g/mol. The van der Waals surface area contributed by atoms with Crippen LogP contribution in [0, 0.1) is 21.4 Å². The fourth-order valence-corrected chi connectivity index (χ4v) is 1.96. The van der Waals surface area contributed by atoms with E-state index in [4.69, 9.17) is 14.7 Å². The summed E-state index contributed by atoms with van der Waals surface area (Å²) in [4.78, 5) is 22.0. The maximum Gasteiger partial charge on any atom is 0.271 e. The van der Waals surface area contributed by atoms with E-state index in [1.54, 1.807) is 18.2 Å². The van der Waals surface area contributed by atoms with Crippen molar-refractivity contribution in [3.63, 3.8) is 0 Å². The van der Waals surface area contributed by atoms with Crippen LogP contribution >= 0.6 is 0 Å². The number of methoxy groups -OCH3 is 1. The van der Waals surface area contributed by atoms with Gasteiger partial charge in [0, 0.05) is 17.7 Å². The summed E-state index contributed by atoms with van der Waals surface area (Å²) in [5.74, 6) is 0.337. The molecule has 0 aliphatic heterocycles. The van der Waals surface area contributed by atoms with Gasteiger partial charge in [0.05, 0.1) is 18.2 Å². The van der Waals surface area contributed by atoms with Crippen molar-refractivity contribution in [3.05, 3.63) is 63.7 Å². The van der Waals surface area contributed by atoms with Gasteiger partial charge in [-0.05, 0) is 35.9 Å². The summed E-state index contributed by atoms with van der Waals surface area (Å²) in [5, 5.41) is 23.0. The third-order valence-electron chi connectivity index (χ3n) is 3.20. The van der Waals surface area contributed by atoms with Gasteiger partial charge in [0.15, 0.2) is 18.1 Å². The van der Waals surface area contributed by atoms with Gasteiger partial charge in [-0.2, -0.15) is 10.4 Å². The van der Waals surface area contributed by atoms with E-state index in [1.165, 1.54) is 37.6 Å². The molecule has 0 spiro atoms. The van der Waals surface area contributed by atoms with Crippen LogP contribution in [-0.4, -0.2) is 30.8 Å². The molecule has 0 bridgehead atoms. The van der Waals surface area contributed by atoms with Crippen molar-refractivity contribution >= 4 is 17.8 Å². The molecule has 9 heteroatoms. The van der Waals surface area contributed by atoms with Crippen LogP contribution in [0.25, 0.3) is 0 Å². The molecule has 0 aliphatic rings. The van der Waals surface area contributed by atoms with Gasteiger partial charge < -0.3 is 9.47 Å². The molecule has 2 rings (SSSR count). The predicted octanol–water partition coefficient (Wildman–Crippen LogP) is 2.27. The zero-order chi connectivity index (χ0) is 18.9. The third-order valence-corrected chi connectivity index (χ3v) is 3.20. The minimum absolute atomic E-state index is 0.101. The molecule has 0 saturated carbocycles. The Morgan fingerprint density at radius 2 is 2.04 bits per heavy atom. The van der Waals surface area contributed by atoms with Gasteiger partial charge in [-0.3, -0.25) is 14.9 Å². The third kappa shape index (κ3) is 4.78. The number of hydrogen-bond acceptors (Lipinski definition) is 7. The van der Waals surface area contributed by atoms with E-state index in [9.17, 15) is 14.9 Å². The van der Waals surface area contributed by atoms with E-state index < -0.39 is 10.8 Å². The smallest absolute Gasteiger partial charge is 0.271 e. The van der Waals surface area contributed by atoms with E-state index in [2.05, 4.69) is 10.5 Å². The maximum atomic E-state index is 11.9. The Hall–Kier alpha value is -3.93. The molecule has 132 valence electrons. The first-order valence-electron chi connectivity index (χ1n) is 7.31. The summed E-state index contributed by atoms with van der Waals surface area (Å²) in [5.41, 5.74) is 3.10. The van der Waals surface area contributed by atoms with Crippen molar-refractivity contribution in [1.29, 1.82) is 5.26 Å². The lowest BCUT2D eigenvalue weighted by atomic mass is 10.2. The van der Waals surface area contributed by atoms with Gasteiger partial charge in [0.2, 0.25) is 0 Å². The average Bonchev–Trinajstić information content (AvgIpc) is 2.66. The van der Waals surface area contributed by atoms with Crippen LogP contribution in [-0.2, 0) is 0 Å². The molecule has 0 saturated heterocycles. The summed E-state index contributed by atoms with van der Waals surface area (Å²) in [6.45, 7) is -0.102. The quantitative estimate of drug-likeness (QED) is 0.461. The minimum atomic E-state index is -0.544. The van der Waals surface area contributed by atoms with E-state index >= 15 is 0 Å². The van der Waals surface area contributed by atoms with Crippen molar-refractivity contribution in [2.75, 3.05) is 13.7 Å². The summed E-state index contributed by atoms with van der Waals surface area (Å²) < 4.78 is 10.4. The van der Waals surface area contributed by atoms with E-state index in [1.807, 2.05) is 6.07 Å². The van der Waals surface area contributed by atoms with Gasteiger partial charge in [-0.1, -0.05) is 0 Å². The topological polar surface area (TPSA) is 127 Å². The molecule has 1 N–H and O–H groups in total. The lowest BCUT2D eigenvalue weighted by Gasteiger charge is -2.08.